The van der Waals surface area contributed by atoms with Crippen molar-refractivity contribution in [1.29, 1.82) is 0 Å². The van der Waals surface area contributed by atoms with Gasteiger partial charge in [0.15, 0.2) is 0 Å². The molecule has 0 aliphatic carbocycles. The average molecular weight is 848 g/mol. The van der Waals surface area contributed by atoms with Crippen LogP contribution in [0.5, 0.6) is 23.0 Å². The van der Waals surface area contributed by atoms with Crippen LogP contribution in [-0.2, 0) is 40.5 Å². The van der Waals surface area contributed by atoms with Crippen LogP contribution in [0.4, 0.5) is 0 Å². The van der Waals surface area contributed by atoms with Gasteiger partial charge in [-0.1, -0.05) is 96.0 Å². The molecule has 18 heteroatoms. The van der Waals surface area contributed by atoms with Crippen LogP contribution in [0.25, 0.3) is 11.1 Å². The van der Waals surface area contributed by atoms with Gasteiger partial charge < -0.3 is 16.7 Å². The Morgan fingerprint density at radius 2 is 0.500 bits per heavy atom. The third-order valence-electron chi connectivity index (χ3n) is 7.19. The fourth-order valence-electron chi connectivity index (χ4n) is 4.99. The smallest absolute Gasteiger partial charge is 0.339 e. The van der Waals surface area contributed by atoms with Gasteiger partial charge in [0, 0.05) is 21.2 Å². The van der Waals surface area contributed by atoms with E-state index in [0.29, 0.717) is 0 Å². The molecule has 0 saturated heterocycles. The molecule has 0 saturated carbocycles. The number of benzene rings is 6. The van der Waals surface area contributed by atoms with Gasteiger partial charge in [0.25, 0.3) is 0 Å². The van der Waals surface area contributed by atoms with E-state index in [4.69, 9.17) is 39.9 Å². The highest BCUT2D eigenvalue weighted by Crippen LogP contribution is 2.46. The Morgan fingerprint density at radius 1 is 0.315 bits per heavy atom. The Kier molecular flexibility index (Phi) is 11.0. The van der Waals surface area contributed by atoms with E-state index in [1.807, 2.05) is 0 Å². The number of hydrogen-bond acceptors (Lipinski definition) is 12. The van der Waals surface area contributed by atoms with Crippen LogP contribution >= 0.6 is 23.2 Å². The third kappa shape index (κ3) is 8.65. The number of para-hydroxylation sites is 4. The molecule has 0 N–H and O–H groups in total. The molecule has 278 valence electrons. The SMILES string of the molecule is O=S(=O)(Oc1ccccc1)c1cc(Cl)cc(S(=O)(=O)Oc2ccccc2)c1-c1c(S(=O)(=O)Oc2ccccc2)cc(Cl)cc1S(=O)(=O)Oc1ccccc1. The first-order valence-corrected chi connectivity index (χ1v) is 21.6. The minimum Gasteiger partial charge on any atom is -0.379 e. The minimum atomic E-state index is -5.23. The van der Waals surface area contributed by atoms with Crippen molar-refractivity contribution in [2.45, 2.75) is 19.6 Å². The molecule has 54 heavy (non-hydrogen) atoms. The van der Waals surface area contributed by atoms with Crippen molar-refractivity contribution < 1.29 is 50.4 Å². The number of hydrogen-bond donors (Lipinski definition) is 0. The van der Waals surface area contributed by atoms with Gasteiger partial charge in [-0.2, -0.15) is 33.7 Å². The maximum atomic E-state index is 14.3. The third-order valence-corrected chi connectivity index (χ3v) is 12.7. The highest BCUT2D eigenvalue weighted by Gasteiger charge is 2.39. The second-order valence-electron chi connectivity index (χ2n) is 11.0. The quantitative estimate of drug-likeness (QED) is 0.104. The van der Waals surface area contributed by atoms with E-state index in [9.17, 15) is 33.7 Å². The summed E-state index contributed by atoms with van der Waals surface area (Å²) in [6.07, 6.45) is 0. The van der Waals surface area contributed by atoms with E-state index >= 15 is 0 Å². The highest BCUT2D eigenvalue weighted by molar-refractivity contribution is 7.89. The van der Waals surface area contributed by atoms with Gasteiger partial charge >= 0.3 is 40.5 Å². The van der Waals surface area contributed by atoms with E-state index in [-0.39, 0.29) is 23.0 Å². The Balaban J connectivity index is 1.76. The van der Waals surface area contributed by atoms with E-state index < -0.39 is 81.2 Å². The summed E-state index contributed by atoms with van der Waals surface area (Å²) < 4.78 is 135. The molecule has 0 fully saturated rings. The van der Waals surface area contributed by atoms with Crippen LogP contribution in [0.1, 0.15) is 0 Å². The zero-order valence-corrected chi connectivity index (χ0v) is 31.9. The van der Waals surface area contributed by atoms with Crippen LogP contribution < -0.4 is 16.7 Å². The van der Waals surface area contributed by atoms with Crippen LogP contribution in [-0.4, -0.2) is 33.7 Å². The first-order chi connectivity index (χ1) is 25.6. The average Bonchev–Trinajstić information content (AvgIpc) is 3.12. The number of halogens is 2. The van der Waals surface area contributed by atoms with Gasteiger partial charge in [0.05, 0.1) is 0 Å². The summed E-state index contributed by atoms with van der Waals surface area (Å²) >= 11 is 12.8. The normalized spacial score (nSPS) is 12.1. The molecule has 0 aromatic heterocycles. The summed E-state index contributed by atoms with van der Waals surface area (Å²) in [5.74, 6) is -0.982. The van der Waals surface area contributed by atoms with Crippen molar-refractivity contribution in [3.63, 3.8) is 0 Å². The Labute approximate surface area is 321 Å². The maximum absolute atomic E-state index is 14.3. The predicted octanol–water partition coefficient (Wildman–Crippen LogP) is 7.73. The second kappa shape index (κ2) is 15.3. The van der Waals surface area contributed by atoms with Crippen LogP contribution in [0.15, 0.2) is 165 Å². The molecule has 0 aliphatic rings. The molecular formula is C36H24Cl2O12S4. The molecule has 0 amide bonds. The van der Waals surface area contributed by atoms with Crippen LogP contribution in [0.2, 0.25) is 10.0 Å². The molecule has 12 nitrogen and oxygen atoms in total. The van der Waals surface area contributed by atoms with E-state index in [1.165, 1.54) is 97.1 Å². The summed E-state index contributed by atoms with van der Waals surface area (Å²) in [5.41, 5.74) is -2.10. The van der Waals surface area contributed by atoms with Crippen molar-refractivity contribution in [2.24, 2.45) is 0 Å². The topological polar surface area (TPSA) is 173 Å². The monoisotopic (exact) mass is 846 g/mol. The van der Waals surface area contributed by atoms with Gasteiger partial charge in [-0.25, -0.2) is 0 Å². The summed E-state index contributed by atoms with van der Waals surface area (Å²) in [6.45, 7) is 0. The fraction of sp³-hybridized carbons (Fsp3) is 0. The molecule has 0 spiro atoms. The van der Waals surface area contributed by atoms with Crippen molar-refractivity contribution >= 4 is 63.7 Å². The minimum absolute atomic E-state index is 0.245. The van der Waals surface area contributed by atoms with Crippen LogP contribution in [0.3, 0.4) is 0 Å². The van der Waals surface area contributed by atoms with Crippen LogP contribution in [0, 0.1) is 0 Å². The van der Waals surface area contributed by atoms with E-state index in [0.717, 1.165) is 24.3 Å². The molecule has 6 aromatic carbocycles. The first-order valence-electron chi connectivity index (χ1n) is 15.2. The van der Waals surface area contributed by atoms with E-state index in [2.05, 4.69) is 0 Å². The summed E-state index contributed by atoms with van der Waals surface area (Å²) in [5, 5.41) is -1.01. The van der Waals surface area contributed by atoms with Gasteiger partial charge in [0.1, 0.15) is 42.6 Å². The van der Waals surface area contributed by atoms with Gasteiger partial charge in [-0.15, -0.1) is 0 Å². The van der Waals surface area contributed by atoms with Gasteiger partial charge in [-0.3, -0.25) is 0 Å². The van der Waals surface area contributed by atoms with Crippen molar-refractivity contribution in [2.75, 3.05) is 0 Å². The predicted molar refractivity (Wildman–Crippen MR) is 199 cm³/mol. The lowest BCUT2D eigenvalue weighted by atomic mass is 10.1. The second-order valence-corrected chi connectivity index (χ2v) is 17.9. The summed E-state index contributed by atoms with van der Waals surface area (Å²) in [4.78, 5) is -4.32. The van der Waals surface area contributed by atoms with Crippen molar-refractivity contribution in [1.82, 2.24) is 0 Å². The lowest BCUT2D eigenvalue weighted by Gasteiger charge is -2.22. The lowest BCUT2D eigenvalue weighted by Crippen LogP contribution is -2.20. The molecule has 0 unspecified atom stereocenters. The Hall–Kier alpha value is -5.10. The maximum Gasteiger partial charge on any atom is 0.339 e. The molecule has 0 heterocycles. The van der Waals surface area contributed by atoms with Crippen molar-refractivity contribution in [3.05, 3.63) is 156 Å². The molecule has 0 aliphatic heterocycles. The lowest BCUT2D eigenvalue weighted by molar-refractivity contribution is 0.478. The number of rotatable bonds is 13. The largest absolute Gasteiger partial charge is 0.379 e. The summed E-state index contributed by atoms with van der Waals surface area (Å²) in [6, 6.07) is 31.1. The van der Waals surface area contributed by atoms with Crippen molar-refractivity contribution in [3.8, 4) is 34.1 Å². The zero-order chi connectivity index (χ0) is 38.7. The zero-order valence-electron chi connectivity index (χ0n) is 27.1. The van der Waals surface area contributed by atoms with Gasteiger partial charge in [0.2, 0.25) is 0 Å². The fourth-order valence-corrected chi connectivity index (χ4v) is 10.6. The highest BCUT2D eigenvalue weighted by atomic mass is 35.5. The molecule has 0 bridgehead atoms. The Bertz CT molecular complexity index is 2390. The standard InChI is InChI=1S/C36H24Cl2O12S4/c37-25-21-31(51(39,40)47-27-13-5-1-6-14-27)35(32(22-25)52(41,42)48-28-15-7-2-8-16-28)36-33(53(43,44)49-29-17-9-3-10-18-29)23-26(38)24-34(36)54(45,46)50-30-19-11-4-12-20-30/h1-24H. The Morgan fingerprint density at radius 3 is 0.685 bits per heavy atom. The summed E-state index contributed by atoms with van der Waals surface area (Å²) in [7, 11) is -20.9. The van der Waals surface area contributed by atoms with E-state index in [1.54, 1.807) is 24.3 Å². The molecule has 0 radical (unpaired) electrons. The molecular weight excluding hydrogens is 824 g/mol. The van der Waals surface area contributed by atoms with Gasteiger partial charge in [-0.05, 0) is 72.8 Å². The molecule has 6 rings (SSSR count). The molecule has 0 atom stereocenters. The molecule has 6 aromatic rings. The first kappa shape index (κ1) is 38.6.